The topological polar surface area (TPSA) is 21.3 Å². The minimum absolute atomic E-state index is 0.272. The zero-order valence-electron chi connectivity index (χ0n) is 12.8. The number of methoxy groups -OCH3 is 1. The number of ether oxygens (including phenoxy) is 1. The highest BCUT2D eigenvalue weighted by Crippen LogP contribution is 2.27. The minimum Gasteiger partial charge on any atom is -0.494 e. The Hall–Kier alpha value is -1.87. The lowest BCUT2D eigenvalue weighted by Crippen LogP contribution is -2.19. The monoisotopic (exact) mass is 287 g/mol. The molecule has 2 rings (SSSR count). The van der Waals surface area contributed by atoms with Gasteiger partial charge in [-0.3, -0.25) is 0 Å². The third-order valence-corrected chi connectivity index (χ3v) is 3.66. The van der Waals surface area contributed by atoms with Crippen LogP contribution in [0.15, 0.2) is 42.5 Å². The van der Waals surface area contributed by atoms with Crippen LogP contribution < -0.4 is 10.1 Å². The molecule has 1 unspecified atom stereocenters. The van der Waals surface area contributed by atoms with Crippen molar-refractivity contribution in [2.45, 2.75) is 26.3 Å². The molecule has 0 spiro atoms. The molecule has 0 fully saturated rings. The molecule has 0 radical (unpaired) electrons. The van der Waals surface area contributed by atoms with Gasteiger partial charge in [-0.05, 0) is 41.8 Å². The van der Waals surface area contributed by atoms with Crippen LogP contribution in [0.1, 0.15) is 31.9 Å². The maximum atomic E-state index is 13.8. The number of nitrogens with one attached hydrogen (secondary N) is 1. The first-order valence-electron chi connectivity index (χ1n) is 7.36. The van der Waals surface area contributed by atoms with E-state index in [2.05, 4.69) is 31.3 Å². The Balaban J connectivity index is 2.24. The van der Waals surface area contributed by atoms with Crippen LogP contribution >= 0.6 is 0 Å². The molecule has 112 valence electrons. The molecule has 0 aliphatic rings. The molecule has 3 heteroatoms. The SMILES string of the molecule is CCNC(CC)c1ccc(-c2ccc(OC)c(F)c2)cc1. The molecule has 2 aromatic carbocycles. The van der Waals surface area contributed by atoms with Gasteiger partial charge >= 0.3 is 0 Å². The summed E-state index contributed by atoms with van der Waals surface area (Å²) < 4.78 is 18.7. The summed E-state index contributed by atoms with van der Waals surface area (Å²) in [6.45, 7) is 5.22. The largest absolute Gasteiger partial charge is 0.494 e. The summed E-state index contributed by atoms with van der Waals surface area (Å²) in [6, 6.07) is 13.7. The van der Waals surface area contributed by atoms with Crippen LogP contribution in [-0.4, -0.2) is 13.7 Å². The summed E-state index contributed by atoms with van der Waals surface area (Å²) in [4.78, 5) is 0. The van der Waals surface area contributed by atoms with Crippen molar-refractivity contribution in [3.63, 3.8) is 0 Å². The van der Waals surface area contributed by atoms with Crippen LogP contribution in [0.5, 0.6) is 5.75 Å². The fourth-order valence-electron chi connectivity index (χ4n) is 2.50. The van der Waals surface area contributed by atoms with E-state index >= 15 is 0 Å². The van der Waals surface area contributed by atoms with Gasteiger partial charge in [-0.1, -0.05) is 44.2 Å². The van der Waals surface area contributed by atoms with Crippen LogP contribution in [0.4, 0.5) is 4.39 Å². The van der Waals surface area contributed by atoms with Gasteiger partial charge in [0.05, 0.1) is 7.11 Å². The first-order valence-corrected chi connectivity index (χ1v) is 7.36. The number of hydrogen-bond donors (Lipinski definition) is 1. The number of halogens is 1. The zero-order chi connectivity index (χ0) is 15.2. The highest BCUT2D eigenvalue weighted by Gasteiger charge is 2.09. The van der Waals surface area contributed by atoms with Crippen LogP contribution in [0, 0.1) is 5.82 Å². The average molecular weight is 287 g/mol. The van der Waals surface area contributed by atoms with Gasteiger partial charge in [0.1, 0.15) is 0 Å². The fraction of sp³-hybridized carbons (Fsp3) is 0.333. The second kappa shape index (κ2) is 7.23. The quantitative estimate of drug-likeness (QED) is 0.840. The van der Waals surface area contributed by atoms with Gasteiger partial charge in [-0.2, -0.15) is 0 Å². The lowest BCUT2D eigenvalue weighted by molar-refractivity contribution is 0.386. The molecular weight excluding hydrogens is 265 g/mol. The molecule has 0 heterocycles. The molecule has 2 aromatic rings. The van der Waals surface area contributed by atoms with E-state index in [0.29, 0.717) is 6.04 Å². The average Bonchev–Trinajstić information content (AvgIpc) is 2.52. The Morgan fingerprint density at radius 3 is 2.24 bits per heavy atom. The lowest BCUT2D eigenvalue weighted by atomic mass is 9.99. The van der Waals surface area contributed by atoms with Gasteiger partial charge in [-0.15, -0.1) is 0 Å². The van der Waals surface area contributed by atoms with E-state index in [0.717, 1.165) is 24.1 Å². The summed E-state index contributed by atoms with van der Waals surface area (Å²) in [6.07, 6.45) is 1.05. The van der Waals surface area contributed by atoms with E-state index < -0.39 is 0 Å². The molecule has 0 amide bonds. The summed E-state index contributed by atoms with van der Waals surface area (Å²) in [7, 11) is 1.47. The van der Waals surface area contributed by atoms with Crippen molar-refractivity contribution in [1.82, 2.24) is 5.32 Å². The van der Waals surface area contributed by atoms with E-state index in [1.807, 2.05) is 18.2 Å². The lowest BCUT2D eigenvalue weighted by Gasteiger charge is -2.16. The van der Waals surface area contributed by atoms with Gasteiger partial charge in [0.2, 0.25) is 0 Å². The van der Waals surface area contributed by atoms with Crippen molar-refractivity contribution >= 4 is 0 Å². The summed E-state index contributed by atoms with van der Waals surface area (Å²) in [5, 5.41) is 3.46. The van der Waals surface area contributed by atoms with E-state index in [4.69, 9.17) is 4.74 Å². The molecule has 2 nitrogen and oxygen atoms in total. The van der Waals surface area contributed by atoms with Crippen molar-refractivity contribution in [3.05, 3.63) is 53.8 Å². The van der Waals surface area contributed by atoms with Crippen LogP contribution in [0.2, 0.25) is 0 Å². The van der Waals surface area contributed by atoms with Crippen LogP contribution in [0.25, 0.3) is 11.1 Å². The van der Waals surface area contributed by atoms with Crippen LogP contribution in [0.3, 0.4) is 0 Å². The van der Waals surface area contributed by atoms with E-state index in [1.54, 1.807) is 6.07 Å². The van der Waals surface area contributed by atoms with Gasteiger partial charge in [-0.25, -0.2) is 4.39 Å². The molecule has 0 saturated carbocycles. The molecule has 0 aliphatic heterocycles. The first-order chi connectivity index (χ1) is 10.2. The highest BCUT2D eigenvalue weighted by molar-refractivity contribution is 5.64. The molecule has 1 atom stereocenters. The maximum absolute atomic E-state index is 13.8. The highest BCUT2D eigenvalue weighted by atomic mass is 19.1. The molecule has 0 bridgehead atoms. The Bertz CT molecular complexity index is 580. The molecule has 0 saturated heterocycles. The second-order valence-corrected chi connectivity index (χ2v) is 4.99. The minimum atomic E-state index is -0.335. The summed E-state index contributed by atoms with van der Waals surface area (Å²) >= 11 is 0. The molecule has 1 N–H and O–H groups in total. The predicted molar refractivity (Wildman–Crippen MR) is 85.1 cm³/mol. The van der Waals surface area contributed by atoms with E-state index in [-0.39, 0.29) is 11.6 Å². The predicted octanol–water partition coefficient (Wildman–Crippen LogP) is 4.56. The molecule has 21 heavy (non-hydrogen) atoms. The normalized spacial score (nSPS) is 12.2. The maximum Gasteiger partial charge on any atom is 0.165 e. The van der Waals surface area contributed by atoms with Crippen LogP contribution in [-0.2, 0) is 0 Å². The van der Waals surface area contributed by atoms with Crippen molar-refractivity contribution in [2.75, 3.05) is 13.7 Å². The zero-order valence-corrected chi connectivity index (χ0v) is 12.8. The Kier molecular flexibility index (Phi) is 5.34. The first kappa shape index (κ1) is 15.5. The van der Waals surface area contributed by atoms with Gasteiger partial charge in [0, 0.05) is 6.04 Å². The van der Waals surface area contributed by atoms with Gasteiger partial charge in [0.15, 0.2) is 11.6 Å². The van der Waals surface area contributed by atoms with Crippen molar-refractivity contribution in [2.24, 2.45) is 0 Å². The Labute approximate surface area is 126 Å². The number of hydrogen-bond acceptors (Lipinski definition) is 2. The van der Waals surface area contributed by atoms with Crippen molar-refractivity contribution in [1.29, 1.82) is 0 Å². The number of rotatable bonds is 6. The third-order valence-electron chi connectivity index (χ3n) is 3.66. The molecule has 0 aliphatic carbocycles. The standard InChI is InChI=1S/C18H22FNO/c1-4-17(20-5-2)14-8-6-13(7-9-14)15-10-11-18(21-3)16(19)12-15/h6-12,17,20H,4-5H2,1-3H3. The third kappa shape index (κ3) is 3.61. The number of benzene rings is 2. The van der Waals surface area contributed by atoms with Crippen molar-refractivity contribution in [3.8, 4) is 16.9 Å². The van der Waals surface area contributed by atoms with Crippen molar-refractivity contribution < 1.29 is 9.13 Å². The molecule has 0 aromatic heterocycles. The smallest absolute Gasteiger partial charge is 0.165 e. The molecular formula is C18H22FNO. The van der Waals surface area contributed by atoms with Gasteiger partial charge in [0.25, 0.3) is 0 Å². The second-order valence-electron chi connectivity index (χ2n) is 4.99. The summed E-state index contributed by atoms with van der Waals surface area (Å²) in [5.74, 6) is -0.0632. The fourth-order valence-corrected chi connectivity index (χ4v) is 2.50. The summed E-state index contributed by atoms with van der Waals surface area (Å²) in [5.41, 5.74) is 3.13. The Morgan fingerprint density at radius 2 is 1.71 bits per heavy atom. The van der Waals surface area contributed by atoms with E-state index in [1.165, 1.54) is 18.7 Å². The Morgan fingerprint density at radius 1 is 1.05 bits per heavy atom. The van der Waals surface area contributed by atoms with Gasteiger partial charge < -0.3 is 10.1 Å². The van der Waals surface area contributed by atoms with E-state index in [9.17, 15) is 4.39 Å².